The number of nitriles is 1. The van der Waals surface area contributed by atoms with Crippen LogP contribution in [-0.4, -0.2) is 27.7 Å². The molecular weight excluding hydrogens is 335 g/mol. The van der Waals surface area contributed by atoms with Gasteiger partial charge in [0, 0.05) is 17.5 Å². The Balaban J connectivity index is 1.96. The number of aryl methyl sites for hydroxylation is 1. The van der Waals surface area contributed by atoms with E-state index in [4.69, 9.17) is 33.2 Å². The first-order chi connectivity index (χ1) is 9.71. The van der Waals surface area contributed by atoms with E-state index >= 15 is 0 Å². The summed E-state index contributed by atoms with van der Waals surface area (Å²) in [6.45, 7) is 2.86. The number of aromatic nitrogens is 1. The minimum Gasteiger partial charge on any atom is -0.457 e. The molecule has 0 bridgehead atoms. The van der Waals surface area contributed by atoms with Crippen LogP contribution in [0.15, 0.2) is 5.38 Å². The molecule has 1 saturated carbocycles. The molecule has 0 aromatic carbocycles. The molecule has 0 spiro atoms. The second kappa shape index (κ2) is 5.56. The average molecular weight is 347 g/mol. The third-order valence-corrected chi connectivity index (χ3v) is 5.52. The predicted octanol–water partition coefficient (Wildman–Crippen LogP) is 2.75. The van der Waals surface area contributed by atoms with Gasteiger partial charge in [-0.25, -0.2) is 4.98 Å². The number of hydrogen-bond acceptors (Lipinski definition) is 6. The van der Waals surface area contributed by atoms with Crippen LogP contribution < -0.4 is 0 Å². The minimum absolute atomic E-state index is 0.281. The van der Waals surface area contributed by atoms with Gasteiger partial charge in [0.25, 0.3) is 0 Å². The second-order valence-corrected chi connectivity index (χ2v) is 7.52. The molecule has 112 valence electrons. The van der Waals surface area contributed by atoms with Gasteiger partial charge in [0.05, 0.1) is 6.07 Å². The molecule has 0 N–H and O–H groups in total. The molecule has 1 fully saturated rings. The Kier molecular flexibility index (Phi) is 4.29. The molecule has 2 atom stereocenters. The van der Waals surface area contributed by atoms with Gasteiger partial charge in [-0.2, -0.15) is 5.26 Å². The van der Waals surface area contributed by atoms with Crippen LogP contribution in [0.25, 0.3) is 0 Å². The Bertz CT molecular complexity index is 638. The summed E-state index contributed by atoms with van der Waals surface area (Å²) in [5.41, 5.74) is -0.254. The highest BCUT2D eigenvalue weighted by Crippen LogP contribution is 2.64. The maximum atomic E-state index is 12.0. The maximum Gasteiger partial charge on any atom is 0.315 e. The third kappa shape index (κ3) is 3.05. The van der Waals surface area contributed by atoms with Crippen molar-refractivity contribution in [3.8, 4) is 6.07 Å². The van der Waals surface area contributed by atoms with E-state index in [1.807, 2.05) is 6.07 Å². The number of halogens is 2. The van der Waals surface area contributed by atoms with Crippen LogP contribution in [0.1, 0.15) is 30.0 Å². The molecule has 0 amide bonds. The smallest absolute Gasteiger partial charge is 0.315 e. The van der Waals surface area contributed by atoms with Crippen LogP contribution in [0.4, 0.5) is 0 Å². The Labute approximate surface area is 135 Å². The number of esters is 1. The largest absolute Gasteiger partial charge is 0.457 e. The summed E-state index contributed by atoms with van der Waals surface area (Å²) in [6.07, 6.45) is 0.281. The average Bonchev–Trinajstić information content (AvgIpc) is 2.73. The number of nitrogens with zero attached hydrogens (tertiary/aromatic N) is 2. The van der Waals surface area contributed by atoms with Crippen molar-refractivity contribution in [3.63, 3.8) is 0 Å². The number of carbonyl (C=O) groups excluding carboxylic acids is 2. The van der Waals surface area contributed by atoms with Gasteiger partial charge in [-0.05, 0) is 13.8 Å². The van der Waals surface area contributed by atoms with E-state index in [-0.39, 0.29) is 6.42 Å². The topological polar surface area (TPSA) is 80.0 Å². The van der Waals surface area contributed by atoms with Crippen molar-refractivity contribution in [1.29, 1.82) is 5.26 Å². The highest BCUT2D eigenvalue weighted by atomic mass is 35.5. The standard InChI is InChI=1S/C13H12Cl2N2O3S/c1-7-5-21-10(17-7)8(3-16)9(18)4-20-11(19)12(2)6-13(12,14)15/h5,8H,4,6H2,1-2H3/t8-,12+/m0/s1. The van der Waals surface area contributed by atoms with E-state index in [1.165, 1.54) is 11.3 Å². The van der Waals surface area contributed by atoms with Crippen LogP contribution in [0.2, 0.25) is 0 Å². The normalized spacial score (nSPS) is 24.0. The zero-order valence-corrected chi connectivity index (χ0v) is 13.7. The zero-order valence-electron chi connectivity index (χ0n) is 11.4. The lowest BCUT2D eigenvalue weighted by Crippen LogP contribution is -2.26. The number of hydrogen-bond donors (Lipinski definition) is 0. The van der Waals surface area contributed by atoms with Gasteiger partial charge >= 0.3 is 5.97 Å². The summed E-state index contributed by atoms with van der Waals surface area (Å²) in [4.78, 5) is 28.0. The van der Waals surface area contributed by atoms with Crippen LogP contribution in [0, 0.1) is 23.7 Å². The quantitative estimate of drug-likeness (QED) is 0.604. The molecule has 1 aromatic rings. The van der Waals surface area contributed by atoms with Gasteiger partial charge in [0.15, 0.2) is 18.3 Å². The molecule has 21 heavy (non-hydrogen) atoms. The fraction of sp³-hybridized carbons (Fsp3) is 0.538. The molecule has 1 aromatic heterocycles. The van der Waals surface area contributed by atoms with Crippen molar-refractivity contribution in [2.75, 3.05) is 6.61 Å². The Morgan fingerprint density at radius 2 is 2.24 bits per heavy atom. The number of ether oxygens (including phenoxy) is 1. The van der Waals surface area contributed by atoms with Gasteiger partial charge < -0.3 is 4.74 Å². The zero-order chi connectivity index (χ0) is 15.8. The Morgan fingerprint density at radius 1 is 1.62 bits per heavy atom. The van der Waals surface area contributed by atoms with E-state index in [9.17, 15) is 9.59 Å². The first-order valence-corrected chi connectivity index (χ1v) is 7.74. The van der Waals surface area contributed by atoms with Crippen LogP contribution in [0.5, 0.6) is 0 Å². The number of ketones is 1. The Hall–Kier alpha value is -1.16. The van der Waals surface area contributed by atoms with Crippen molar-refractivity contribution < 1.29 is 14.3 Å². The maximum absolute atomic E-state index is 12.0. The lowest BCUT2D eigenvalue weighted by molar-refractivity contribution is -0.153. The number of alkyl halides is 2. The van der Waals surface area contributed by atoms with E-state index < -0.39 is 34.0 Å². The number of carbonyl (C=O) groups is 2. The van der Waals surface area contributed by atoms with Crippen LogP contribution >= 0.6 is 34.5 Å². The number of Topliss-reactive ketones (excluding diaryl/α,β-unsaturated/α-hetero) is 1. The second-order valence-electron chi connectivity index (χ2n) is 5.15. The van der Waals surface area contributed by atoms with Gasteiger partial charge in [-0.1, -0.05) is 0 Å². The van der Waals surface area contributed by atoms with Gasteiger partial charge in [-0.3, -0.25) is 9.59 Å². The Morgan fingerprint density at radius 3 is 2.67 bits per heavy atom. The summed E-state index contributed by atoms with van der Waals surface area (Å²) in [7, 11) is 0. The molecule has 0 unspecified atom stereocenters. The van der Waals surface area contributed by atoms with Gasteiger partial charge in [0.1, 0.15) is 14.8 Å². The van der Waals surface area contributed by atoms with Crippen molar-refractivity contribution in [2.45, 2.75) is 30.5 Å². The van der Waals surface area contributed by atoms with Crippen molar-refractivity contribution in [2.24, 2.45) is 5.41 Å². The molecule has 1 aliphatic carbocycles. The van der Waals surface area contributed by atoms with Crippen LogP contribution in [0.3, 0.4) is 0 Å². The molecule has 0 radical (unpaired) electrons. The molecule has 1 heterocycles. The number of thiazole rings is 1. The summed E-state index contributed by atoms with van der Waals surface area (Å²) in [5, 5.41) is 11.2. The van der Waals surface area contributed by atoms with Crippen molar-refractivity contribution in [1.82, 2.24) is 4.98 Å². The molecule has 2 rings (SSSR count). The fourth-order valence-corrected chi connectivity index (χ4v) is 3.32. The first-order valence-electron chi connectivity index (χ1n) is 6.11. The van der Waals surface area contributed by atoms with E-state index in [2.05, 4.69) is 4.98 Å². The first kappa shape index (κ1) is 16.2. The molecule has 0 saturated heterocycles. The van der Waals surface area contributed by atoms with Gasteiger partial charge in [0.2, 0.25) is 0 Å². The molecule has 5 nitrogen and oxygen atoms in total. The highest BCUT2D eigenvalue weighted by molar-refractivity contribution is 7.09. The van der Waals surface area contributed by atoms with E-state index in [0.29, 0.717) is 5.01 Å². The summed E-state index contributed by atoms with van der Waals surface area (Å²) < 4.78 is 3.80. The van der Waals surface area contributed by atoms with Crippen molar-refractivity contribution >= 4 is 46.3 Å². The number of rotatable bonds is 5. The van der Waals surface area contributed by atoms with Crippen molar-refractivity contribution in [3.05, 3.63) is 16.1 Å². The predicted molar refractivity (Wildman–Crippen MR) is 78.3 cm³/mol. The van der Waals surface area contributed by atoms with Crippen LogP contribution in [-0.2, 0) is 14.3 Å². The van der Waals surface area contributed by atoms with E-state index in [0.717, 1.165) is 5.69 Å². The summed E-state index contributed by atoms with van der Waals surface area (Å²) in [5.74, 6) is -2.17. The lowest BCUT2D eigenvalue weighted by atomic mass is 10.1. The summed E-state index contributed by atoms with van der Waals surface area (Å²) >= 11 is 13.0. The SMILES string of the molecule is Cc1csc([C@@H](C#N)C(=O)COC(=O)[C@@]2(C)CC2(Cl)Cl)n1. The lowest BCUT2D eigenvalue weighted by Gasteiger charge is -2.12. The highest BCUT2D eigenvalue weighted by Gasteiger charge is 2.69. The molecular formula is C13H12Cl2N2O3S. The third-order valence-electron chi connectivity index (χ3n) is 3.39. The fourth-order valence-electron chi connectivity index (χ4n) is 1.77. The monoisotopic (exact) mass is 346 g/mol. The van der Waals surface area contributed by atoms with E-state index in [1.54, 1.807) is 19.2 Å². The summed E-state index contributed by atoms with van der Waals surface area (Å²) in [6, 6.07) is 1.88. The van der Waals surface area contributed by atoms with Gasteiger partial charge in [-0.15, -0.1) is 34.5 Å². The minimum atomic E-state index is -1.14. The molecule has 0 aliphatic heterocycles. The molecule has 8 heteroatoms. The molecule has 1 aliphatic rings.